The Bertz CT molecular complexity index is 563. The summed E-state index contributed by atoms with van der Waals surface area (Å²) >= 11 is 3.15. The number of furan rings is 1. The number of carbonyl (C=O) groups is 1. The largest absolute Gasteiger partial charge is 0.444 e. The molecule has 5 heteroatoms. The van der Waals surface area contributed by atoms with E-state index in [0.717, 1.165) is 11.3 Å². The zero-order valence-electron chi connectivity index (χ0n) is 9.16. The molecule has 2 aromatic rings. The summed E-state index contributed by atoms with van der Waals surface area (Å²) in [4.78, 5) is 11.8. The van der Waals surface area contributed by atoms with Crippen LogP contribution in [0.5, 0.6) is 0 Å². The molecule has 1 aromatic carbocycles. The van der Waals surface area contributed by atoms with E-state index in [-0.39, 0.29) is 11.7 Å². The van der Waals surface area contributed by atoms with E-state index in [4.69, 9.17) is 10.2 Å². The molecule has 0 atom stereocenters. The summed E-state index contributed by atoms with van der Waals surface area (Å²) in [5, 5.41) is 2.76. The molecule has 1 aromatic heterocycles. The Hall–Kier alpha value is -1.75. The third kappa shape index (κ3) is 2.68. The van der Waals surface area contributed by atoms with Crippen molar-refractivity contribution in [3.05, 3.63) is 46.3 Å². The summed E-state index contributed by atoms with van der Waals surface area (Å²) in [6.07, 6.45) is 0. The Balaban J connectivity index is 2.18. The average molecular weight is 295 g/mol. The van der Waals surface area contributed by atoms with Crippen LogP contribution in [0.25, 0.3) is 0 Å². The monoisotopic (exact) mass is 294 g/mol. The van der Waals surface area contributed by atoms with Crippen LogP contribution in [-0.4, -0.2) is 5.91 Å². The van der Waals surface area contributed by atoms with Crippen molar-refractivity contribution in [1.82, 2.24) is 0 Å². The Labute approximate surface area is 107 Å². The number of hydrogen-bond acceptors (Lipinski definition) is 3. The molecular formula is C12H11BrN2O2. The number of benzene rings is 1. The van der Waals surface area contributed by atoms with Crippen LogP contribution < -0.4 is 11.1 Å². The van der Waals surface area contributed by atoms with Crippen LogP contribution in [0.1, 0.15) is 16.1 Å². The molecule has 0 aliphatic carbocycles. The minimum Gasteiger partial charge on any atom is -0.444 e. The predicted molar refractivity (Wildman–Crippen MR) is 70.0 cm³/mol. The lowest BCUT2D eigenvalue weighted by molar-refractivity contribution is 0.0995. The maximum absolute atomic E-state index is 11.8. The molecule has 2 rings (SSSR count). The second-order valence-corrected chi connectivity index (χ2v) is 4.41. The van der Waals surface area contributed by atoms with Gasteiger partial charge in [0.05, 0.1) is 0 Å². The van der Waals surface area contributed by atoms with Crippen LogP contribution in [0.15, 0.2) is 39.4 Å². The van der Waals surface area contributed by atoms with E-state index >= 15 is 0 Å². The molecule has 0 bridgehead atoms. The van der Waals surface area contributed by atoms with Gasteiger partial charge in [-0.1, -0.05) is 0 Å². The summed E-state index contributed by atoms with van der Waals surface area (Å²) in [6, 6.07) is 8.58. The highest BCUT2D eigenvalue weighted by Gasteiger charge is 2.11. The number of carbonyl (C=O) groups excluding carboxylic acids is 1. The highest BCUT2D eigenvalue weighted by Crippen LogP contribution is 2.20. The van der Waals surface area contributed by atoms with Crippen LogP contribution in [0.2, 0.25) is 0 Å². The van der Waals surface area contributed by atoms with Crippen LogP contribution in [0.4, 0.5) is 11.4 Å². The van der Waals surface area contributed by atoms with Gasteiger partial charge in [0.25, 0.3) is 5.91 Å². The van der Waals surface area contributed by atoms with E-state index in [1.807, 2.05) is 6.92 Å². The molecule has 1 amide bonds. The van der Waals surface area contributed by atoms with Crippen molar-refractivity contribution in [3.63, 3.8) is 0 Å². The van der Waals surface area contributed by atoms with E-state index in [0.29, 0.717) is 10.4 Å². The minimum atomic E-state index is -0.288. The van der Waals surface area contributed by atoms with Crippen molar-refractivity contribution in [2.45, 2.75) is 6.92 Å². The normalized spacial score (nSPS) is 10.2. The molecule has 0 spiro atoms. The Morgan fingerprint density at radius 2 is 2.12 bits per heavy atom. The van der Waals surface area contributed by atoms with Gasteiger partial charge < -0.3 is 15.5 Å². The molecule has 4 nitrogen and oxygen atoms in total. The minimum absolute atomic E-state index is 0.258. The van der Waals surface area contributed by atoms with Gasteiger partial charge in [-0.3, -0.25) is 4.79 Å². The number of nitrogens with two attached hydrogens (primary N) is 1. The smallest absolute Gasteiger partial charge is 0.291 e. The molecule has 0 fully saturated rings. The summed E-state index contributed by atoms with van der Waals surface area (Å²) in [5.74, 6) is -0.0309. The molecule has 0 aliphatic heterocycles. The first-order valence-corrected chi connectivity index (χ1v) is 5.78. The first kappa shape index (κ1) is 11.7. The number of amides is 1. The Morgan fingerprint density at radius 1 is 1.35 bits per heavy atom. The number of nitrogen functional groups attached to an aromatic ring is 1. The van der Waals surface area contributed by atoms with Crippen LogP contribution in [-0.2, 0) is 0 Å². The van der Waals surface area contributed by atoms with Crippen molar-refractivity contribution >= 4 is 33.2 Å². The highest BCUT2D eigenvalue weighted by molar-refractivity contribution is 9.10. The van der Waals surface area contributed by atoms with Gasteiger partial charge in [0.1, 0.15) is 0 Å². The van der Waals surface area contributed by atoms with E-state index < -0.39 is 0 Å². The van der Waals surface area contributed by atoms with Crippen LogP contribution in [0.3, 0.4) is 0 Å². The molecule has 1 heterocycles. The maximum atomic E-state index is 11.8. The number of aryl methyl sites for hydroxylation is 1. The van der Waals surface area contributed by atoms with Gasteiger partial charge in [-0.2, -0.15) is 0 Å². The predicted octanol–water partition coefficient (Wildman–Crippen LogP) is 3.19. The summed E-state index contributed by atoms with van der Waals surface area (Å²) in [7, 11) is 0. The first-order valence-electron chi connectivity index (χ1n) is 4.99. The molecule has 0 unspecified atom stereocenters. The fraction of sp³-hybridized carbons (Fsp3) is 0.0833. The van der Waals surface area contributed by atoms with Gasteiger partial charge in [-0.25, -0.2) is 0 Å². The lowest BCUT2D eigenvalue weighted by Crippen LogP contribution is -2.11. The number of halogens is 1. The fourth-order valence-corrected chi connectivity index (χ4v) is 1.75. The zero-order chi connectivity index (χ0) is 12.4. The van der Waals surface area contributed by atoms with Gasteiger partial charge in [0.2, 0.25) is 0 Å². The van der Waals surface area contributed by atoms with Gasteiger partial charge in [-0.05, 0) is 58.7 Å². The van der Waals surface area contributed by atoms with E-state index in [1.54, 1.807) is 30.3 Å². The quantitative estimate of drug-likeness (QED) is 0.836. The molecule has 3 N–H and O–H groups in total. The molecule has 17 heavy (non-hydrogen) atoms. The molecule has 0 saturated heterocycles. The number of nitrogens with one attached hydrogen (secondary N) is 1. The number of rotatable bonds is 2. The Kier molecular flexibility index (Phi) is 3.19. The summed E-state index contributed by atoms with van der Waals surface area (Å²) in [5.41, 5.74) is 7.93. The zero-order valence-corrected chi connectivity index (χ0v) is 10.7. The van der Waals surface area contributed by atoms with Gasteiger partial charge in [-0.15, -0.1) is 0 Å². The number of hydrogen-bond donors (Lipinski definition) is 2. The second-order valence-electron chi connectivity index (χ2n) is 3.63. The lowest BCUT2D eigenvalue weighted by atomic mass is 10.2. The first-order chi connectivity index (χ1) is 8.06. The standard InChI is InChI=1S/C12H11BrN2O2/c1-7-6-8(14)2-3-9(7)15-12(16)10-4-5-11(13)17-10/h2-6H,14H2,1H3,(H,15,16). The maximum Gasteiger partial charge on any atom is 0.291 e. The average Bonchev–Trinajstić information content (AvgIpc) is 2.69. The molecule has 0 saturated carbocycles. The molecule has 0 radical (unpaired) electrons. The van der Waals surface area contributed by atoms with Crippen LogP contribution >= 0.6 is 15.9 Å². The topological polar surface area (TPSA) is 68.3 Å². The van der Waals surface area contributed by atoms with Gasteiger partial charge in [0, 0.05) is 11.4 Å². The number of anilines is 2. The molecule has 88 valence electrons. The van der Waals surface area contributed by atoms with E-state index in [1.165, 1.54) is 0 Å². The highest BCUT2D eigenvalue weighted by atomic mass is 79.9. The van der Waals surface area contributed by atoms with Crippen molar-refractivity contribution in [1.29, 1.82) is 0 Å². The van der Waals surface area contributed by atoms with Crippen molar-refractivity contribution in [2.24, 2.45) is 0 Å². The van der Waals surface area contributed by atoms with Crippen LogP contribution in [0, 0.1) is 6.92 Å². The third-order valence-electron chi connectivity index (χ3n) is 2.30. The fourth-order valence-electron chi connectivity index (χ4n) is 1.45. The van der Waals surface area contributed by atoms with E-state index in [2.05, 4.69) is 21.2 Å². The van der Waals surface area contributed by atoms with Gasteiger partial charge >= 0.3 is 0 Å². The van der Waals surface area contributed by atoms with Crippen molar-refractivity contribution in [3.8, 4) is 0 Å². The SMILES string of the molecule is Cc1cc(N)ccc1NC(=O)c1ccc(Br)o1. The summed E-state index contributed by atoms with van der Waals surface area (Å²) in [6.45, 7) is 1.88. The van der Waals surface area contributed by atoms with E-state index in [9.17, 15) is 4.79 Å². The lowest BCUT2D eigenvalue weighted by Gasteiger charge is -2.07. The molecular weight excluding hydrogens is 284 g/mol. The summed E-state index contributed by atoms with van der Waals surface area (Å²) < 4.78 is 5.69. The second kappa shape index (κ2) is 4.63. The Morgan fingerprint density at radius 3 is 2.71 bits per heavy atom. The third-order valence-corrected chi connectivity index (χ3v) is 2.72. The van der Waals surface area contributed by atoms with Gasteiger partial charge in [0.15, 0.2) is 10.4 Å². The molecule has 0 aliphatic rings. The van der Waals surface area contributed by atoms with Crippen molar-refractivity contribution < 1.29 is 9.21 Å². The van der Waals surface area contributed by atoms with Crippen molar-refractivity contribution in [2.75, 3.05) is 11.1 Å².